The first-order valence-electron chi connectivity index (χ1n) is 6.69. The second kappa shape index (κ2) is 7.16. The lowest BCUT2D eigenvalue weighted by Crippen LogP contribution is -2.08. The van der Waals surface area contributed by atoms with Gasteiger partial charge in [-0.05, 0) is 12.5 Å². The summed E-state index contributed by atoms with van der Waals surface area (Å²) in [4.78, 5) is 21.7. The topological polar surface area (TPSA) is 134 Å². The number of nitro groups is 1. The molecule has 0 aliphatic carbocycles. The molecule has 1 heterocycles. The molecule has 1 aromatic heterocycles. The zero-order chi connectivity index (χ0) is 16.8. The fraction of sp³-hybridized carbons (Fsp3) is 0.214. The normalized spacial score (nSPS) is 11.3. The quantitative estimate of drug-likeness (QED) is 0.281. The summed E-state index contributed by atoms with van der Waals surface area (Å²) in [6.45, 7) is 1.90. The van der Waals surface area contributed by atoms with Crippen LogP contribution in [0.3, 0.4) is 0 Å². The lowest BCUT2D eigenvalue weighted by molar-refractivity contribution is -0.384. The van der Waals surface area contributed by atoms with E-state index in [9.17, 15) is 14.9 Å². The van der Waals surface area contributed by atoms with E-state index < -0.39 is 10.9 Å². The molecule has 0 unspecified atom stereocenters. The van der Waals surface area contributed by atoms with Crippen LogP contribution in [0.15, 0.2) is 40.0 Å². The number of nitrogens with zero attached hydrogens (tertiary/aromatic N) is 3. The summed E-state index contributed by atoms with van der Waals surface area (Å²) >= 11 is 0. The van der Waals surface area contributed by atoms with Crippen molar-refractivity contribution >= 4 is 17.4 Å². The van der Waals surface area contributed by atoms with E-state index in [1.165, 1.54) is 18.2 Å². The van der Waals surface area contributed by atoms with Gasteiger partial charge in [0.1, 0.15) is 5.71 Å². The molecule has 0 atom stereocenters. The smallest absolute Gasteiger partial charge is 0.360 e. The number of nitrogens with two attached hydrogens (primary N) is 1. The van der Waals surface area contributed by atoms with E-state index in [-0.39, 0.29) is 30.2 Å². The van der Waals surface area contributed by atoms with Crippen LogP contribution in [0.25, 0.3) is 0 Å². The highest BCUT2D eigenvalue weighted by atomic mass is 16.6. The van der Waals surface area contributed by atoms with Crippen LogP contribution in [0, 0.1) is 10.1 Å². The SMILES string of the molecule is CCOC(=O)c1cc(/C(Cc2ccc([N+](=O)[O-])cc2)=N\N)on1. The van der Waals surface area contributed by atoms with Crippen molar-refractivity contribution in [3.05, 3.63) is 57.5 Å². The van der Waals surface area contributed by atoms with Gasteiger partial charge in [0.05, 0.1) is 11.5 Å². The van der Waals surface area contributed by atoms with Gasteiger partial charge in [-0.15, -0.1) is 0 Å². The third kappa shape index (κ3) is 3.90. The van der Waals surface area contributed by atoms with E-state index in [0.717, 1.165) is 5.56 Å². The molecule has 2 rings (SSSR count). The molecule has 0 amide bonds. The largest absolute Gasteiger partial charge is 0.461 e. The number of hydrogen-bond acceptors (Lipinski definition) is 8. The average Bonchev–Trinajstić information content (AvgIpc) is 3.03. The van der Waals surface area contributed by atoms with E-state index in [1.54, 1.807) is 19.1 Å². The van der Waals surface area contributed by atoms with Crippen LogP contribution in [0.2, 0.25) is 0 Å². The maximum atomic E-state index is 11.5. The molecular weight excluding hydrogens is 304 g/mol. The van der Waals surface area contributed by atoms with Crippen molar-refractivity contribution in [3.8, 4) is 0 Å². The molecule has 9 nitrogen and oxygen atoms in total. The number of rotatable bonds is 6. The van der Waals surface area contributed by atoms with Crippen molar-refractivity contribution in [1.29, 1.82) is 0 Å². The Morgan fingerprint density at radius 1 is 1.43 bits per heavy atom. The Bertz CT molecular complexity index is 736. The van der Waals surface area contributed by atoms with Crippen LogP contribution in [0.5, 0.6) is 0 Å². The third-order valence-electron chi connectivity index (χ3n) is 2.95. The first-order valence-corrected chi connectivity index (χ1v) is 6.69. The third-order valence-corrected chi connectivity index (χ3v) is 2.95. The number of aromatic nitrogens is 1. The minimum absolute atomic E-state index is 0.00995. The van der Waals surface area contributed by atoms with E-state index in [1.807, 2.05) is 0 Å². The highest BCUT2D eigenvalue weighted by Crippen LogP contribution is 2.15. The fourth-order valence-electron chi connectivity index (χ4n) is 1.84. The Morgan fingerprint density at radius 2 is 2.13 bits per heavy atom. The molecule has 2 N–H and O–H groups in total. The predicted octanol–water partition coefficient (Wildman–Crippen LogP) is 1.67. The molecule has 0 aliphatic heterocycles. The highest BCUT2D eigenvalue weighted by Gasteiger charge is 2.17. The number of non-ortho nitro benzene ring substituents is 1. The molecule has 9 heteroatoms. The minimum atomic E-state index is -0.603. The average molecular weight is 318 g/mol. The van der Waals surface area contributed by atoms with Crippen LogP contribution < -0.4 is 5.84 Å². The van der Waals surface area contributed by atoms with Gasteiger partial charge in [0.15, 0.2) is 11.5 Å². The summed E-state index contributed by atoms with van der Waals surface area (Å²) in [6, 6.07) is 7.33. The van der Waals surface area contributed by atoms with Crippen molar-refractivity contribution in [2.24, 2.45) is 10.9 Å². The van der Waals surface area contributed by atoms with E-state index in [0.29, 0.717) is 5.71 Å². The Kier molecular flexibility index (Phi) is 5.03. The van der Waals surface area contributed by atoms with Gasteiger partial charge in [-0.2, -0.15) is 5.10 Å². The number of carbonyl (C=O) groups excluding carboxylic acids is 1. The first-order chi connectivity index (χ1) is 11.0. The highest BCUT2D eigenvalue weighted by molar-refractivity contribution is 6.01. The van der Waals surface area contributed by atoms with Gasteiger partial charge >= 0.3 is 5.97 Å². The van der Waals surface area contributed by atoms with E-state index >= 15 is 0 Å². The van der Waals surface area contributed by atoms with Gasteiger partial charge in [0.2, 0.25) is 0 Å². The lowest BCUT2D eigenvalue weighted by Gasteiger charge is -2.01. The van der Waals surface area contributed by atoms with Gasteiger partial charge in [-0.3, -0.25) is 10.1 Å². The summed E-state index contributed by atoms with van der Waals surface area (Å²) in [5.74, 6) is 4.98. The summed E-state index contributed by atoms with van der Waals surface area (Å²) in [6.07, 6.45) is 0.270. The van der Waals surface area contributed by atoms with Gasteiger partial charge < -0.3 is 15.1 Å². The van der Waals surface area contributed by atoms with Crippen molar-refractivity contribution < 1.29 is 19.0 Å². The van der Waals surface area contributed by atoms with Crippen molar-refractivity contribution in [1.82, 2.24) is 5.16 Å². The molecule has 1 aromatic carbocycles. The standard InChI is InChI=1S/C14H14N4O5/c1-2-22-14(19)12-8-13(23-17-12)11(16-15)7-9-3-5-10(6-4-9)18(20)21/h3-6,8H,2,7,15H2,1H3/b16-11-. The van der Waals surface area contributed by atoms with Crippen LogP contribution >= 0.6 is 0 Å². The van der Waals surface area contributed by atoms with Gasteiger partial charge in [0, 0.05) is 24.6 Å². The Balaban J connectivity index is 2.14. The number of hydrazone groups is 1. The van der Waals surface area contributed by atoms with Gasteiger partial charge in [0.25, 0.3) is 5.69 Å². The monoisotopic (exact) mass is 318 g/mol. The number of ether oxygens (including phenoxy) is 1. The zero-order valence-electron chi connectivity index (χ0n) is 12.3. The molecular formula is C14H14N4O5. The first kappa shape index (κ1) is 16.1. The number of esters is 1. The molecule has 0 radical (unpaired) electrons. The Morgan fingerprint density at radius 3 is 2.70 bits per heavy atom. The molecule has 0 spiro atoms. The summed E-state index contributed by atoms with van der Waals surface area (Å²) < 4.78 is 9.86. The molecule has 0 bridgehead atoms. The minimum Gasteiger partial charge on any atom is -0.461 e. The number of hydrogen-bond donors (Lipinski definition) is 1. The second-order valence-corrected chi connectivity index (χ2v) is 4.47. The summed E-state index contributed by atoms with van der Waals surface area (Å²) in [5, 5.41) is 17.9. The van der Waals surface area contributed by atoms with Gasteiger partial charge in [-0.1, -0.05) is 17.3 Å². The number of benzene rings is 1. The molecule has 0 fully saturated rings. The molecule has 0 saturated carbocycles. The van der Waals surface area contributed by atoms with E-state index in [4.69, 9.17) is 15.1 Å². The van der Waals surface area contributed by atoms with Crippen molar-refractivity contribution in [2.75, 3.05) is 6.61 Å². The fourth-order valence-corrected chi connectivity index (χ4v) is 1.84. The molecule has 0 aliphatic rings. The lowest BCUT2D eigenvalue weighted by atomic mass is 10.1. The van der Waals surface area contributed by atoms with Crippen molar-refractivity contribution in [2.45, 2.75) is 13.3 Å². The van der Waals surface area contributed by atoms with Crippen LogP contribution in [0.1, 0.15) is 28.7 Å². The molecule has 0 saturated heterocycles. The molecule has 2 aromatic rings. The molecule has 120 valence electrons. The number of nitro benzene ring substituents is 1. The van der Waals surface area contributed by atoms with E-state index in [2.05, 4.69) is 10.3 Å². The molecule has 23 heavy (non-hydrogen) atoms. The maximum absolute atomic E-state index is 11.5. The maximum Gasteiger partial charge on any atom is 0.360 e. The summed E-state index contributed by atoms with van der Waals surface area (Å²) in [7, 11) is 0. The van der Waals surface area contributed by atoms with Crippen LogP contribution in [-0.2, 0) is 11.2 Å². The van der Waals surface area contributed by atoms with Crippen LogP contribution in [-0.4, -0.2) is 28.4 Å². The van der Waals surface area contributed by atoms with Crippen molar-refractivity contribution in [3.63, 3.8) is 0 Å². The van der Waals surface area contributed by atoms with Crippen LogP contribution in [0.4, 0.5) is 5.69 Å². The predicted molar refractivity (Wildman–Crippen MR) is 80.0 cm³/mol. The Hall–Kier alpha value is -3.23. The number of carbonyl (C=O) groups is 1. The summed E-state index contributed by atoms with van der Waals surface area (Å²) in [5.41, 5.74) is 1.10. The Labute approximate surface area is 130 Å². The zero-order valence-corrected chi connectivity index (χ0v) is 12.3. The van der Waals surface area contributed by atoms with Gasteiger partial charge in [-0.25, -0.2) is 4.79 Å². The second-order valence-electron chi connectivity index (χ2n) is 4.47.